The first kappa shape index (κ1) is 21.0. The van der Waals surface area contributed by atoms with Gasteiger partial charge in [0.15, 0.2) is 0 Å². The van der Waals surface area contributed by atoms with Crippen molar-refractivity contribution in [2.24, 2.45) is 0 Å². The Labute approximate surface area is 165 Å². The molecule has 0 saturated carbocycles. The first-order valence-corrected chi connectivity index (χ1v) is 8.42. The quantitative estimate of drug-likeness (QED) is 0.439. The van der Waals surface area contributed by atoms with Gasteiger partial charge in [-0.05, 0) is 44.2 Å². The Morgan fingerprint density at radius 3 is 2.14 bits per heavy atom. The Balaban J connectivity index is 2.18. The van der Waals surface area contributed by atoms with Gasteiger partial charge in [-0.1, -0.05) is 11.6 Å². The van der Waals surface area contributed by atoms with Gasteiger partial charge in [-0.25, -0.2) is 0 Å². The maximum absolute atomic E-state index is 13.5. The lowest BCUT2D eigenvalue weighted by Gasteiger charge is -2.17. The Morgan fingerprint density at radius 1 is 0.931 bits per heavy atom. The largest absolute Gasteiger partial charge is 0.507 e. The number of hydrogen-bond donors (Lipinski definition) is 1. The fourth-order valence-electron chi connectivity index (χ4n) is 2.67. The summed E-state index contributed by atoms with van der Waals surface area (Å²) in [6.07, 6.45) is -9.52. The Kier molecular flexibility index (Phi) is 5.06. The van der Waals surface area contributed by atoms with Crippen LogP contribution in [0.4, 0.5) is 26.3 Å². The van der Waals surface area contributed by atoms with E-state index in [0.717, 1.165) is 12.1 Å². The first-order chi connectivity index (χ1) is 13.3. The number of aromatic nitrogens is 1. The highest BCUT2D eigenvalue weighted by Crippen LogP contribution is 2.44. The molecule has 1 aromatic heterocycles. The van der Waals surface area contributed by atoms with E-state index < -0.39 is 40.0 Å². The minimum atomic E-state index is -4.85. The average molecular weight is 436 g/mol. The lowest BCUT2D eigenvalue weighted by atomic mass is 10.0. The summed E-state index contributed by atoms with van der Waals surface area (Å²) in [6.45, 7) is 3.08. The van der Waals surface area contributed by atoms with Gasteiger partial charge in [0.2, 0.25) is 0 Å². The lowest BCUT2D eigenvalue weighted by Crippen LogP contribution is -2.08. The van der Waals surface area contributed by atoms with Crippen molar-refractivity contribution in [3.05, 3.63) is 57.7 Å². The molecule has 1 heterocycles. The average Bonchev–Trinajstić information content (AvgIpc) is 2.60. The maximum atomic E-state index is 13.5. The van der Waals surface area contributed by atoms with Crippen molar-refractivity contribution in [3.63, 3.8) is 0 Å². The Bertz CT molecular complexity index is 1110. The zero-order valence-electron chi connectivity index (χ0n) is 14.8. The van der Waals surface area contributed by atoms with Crippen molar-refractivity contribution in [2.75, 3.05) is 0 Å². The van der Waals surface area contributed by atoms with E-state index in [2.05, 4.69) is 4.98 Å². The van der Waals surface area contributed by atoms with E-state index in [9.17, 15) is 31.4 Å². The van der Waals surface area contributed by atoms with Crippen molar-refractivity contribution in [3.8, 4) is 17.2 Å². The maximum Gasteiger partial charge on any atom is 0.420 e. The van der Waals surface area contributed by atoms with E-state index in [4.69, 9.17) is 16.3 Å². The number of benzene rings is 2. The molecule has 154 valence electrons. The van der Waals surface area contributed by atoms with Gasteiger partial charge in [-0.3, -0.25) is 4.98 Å². The van der Waals surface area contributed by atoms with Crippen LogP contribution in [0.5, 0.6) is 17.2 Å². The molecular formula is C19H12ClF6NO2. The Morgan fingerprint density at radius 2 is 1.59 bits per heavy atom. The molecule has 2 aromatic carbocycles. The highest BCUT2D eigenvalue weighted by Gasteiger charge is 2.36. The second-order valence-electron chi connectivity index (χ2n) is 6.28. The summed E-state index contributed by atoms with van der Waals surface area (Å²) in [6, 6.07) is 3.66. The summed E-state index contributed by atoms with van der Waals surface area (Å²) in [4.78, 5) is 4.05. The number of aryl methyl sites for hydroxylation is 1. The SMILES string of the molecule is Cc1nc2cc(C(F)(F)F)c(Oc3ccc(C(F)(F)F)cc3Cl)cc2c(O)c1C. The van der Waals surface area contributed by atoms with Crippen molar-refractivity contribution in [2.45, 2.75) is 26.2 Å². The van der Waals surface area contributed by atoms with Crippen LogP contribution in [0, 0.1) is 13.8 Å². The standard InChI is InChI=1S/C19H12ClF6NO2/c1-8-9(2)27-14-7-12(19(24,25)26)16(6-11(14)17(8)28)29-15-4-3-10(5-13(15)20)18(21,22)23/h3-7H,1-2H3,(H,27,28). The molecule has 0 aliphatic rings. The molecule has 0 aliphatic carbocycles. The van der Waals surface area contributed by atoms with Gasteiger partial charge in [0.05, 0.1) is 16.1 Å². The number of alkyl halides is 6. The van der Waals surface area contributed by atoms with Crippen molar-refractivity contribution in [1.82, 2.24) is 4.98 Å². The van der Waals surface area contributed by atoms with Crippen LogP contribution in [0.1, 0.15) is 22.4 Å². The van der Waals surface area contributed by atoms with E-state index in [0.29, 0.717) is 29.5 Å². The number of aromatic hydroxyl groups is 1. The number of nitrogens with zero attached hydrogens (tertiary/aromatic N) is 1. The highest BCUT2D eigenvalue weighted by atomic mass is 35.5. The zero-order chi connectivity index (χ0) is 21.7. The zero-order valence-corrected chi connectivity index (χ0v) is 15.6. The fourth-order valence-corrected chi connectivity index (χ4v) is 2.89. The number of hydrogen-bond acceptors (Lipinski definition) is 3. The summed E-state index contributed by atoms with van der Waals surface area (Å²) >= 11 is 5.78. The number of ether oxygens (including phenoxy) is 1. The van der Waals surface area contributed by atoms with Gasteiger partial charge in [-0.2, -0.15) is 26.3 Å². The number of pyridine rings is 1. The van der Waals surface area contributed by atoms with Crippen LogP contribution >= 0.6 is 11.6 Å². The second kappa shape index (κ2) is 6.98. The third kappa shape index (κ3) is 4.05. The number of fused-ring (bicyclic) bond motifs is 1. The molecule has 0 aliphatic heterocycles. The monoisotopic (exact) mass is 435 g/mol. The summed E-state index contributed by atoms with van der Waals surface area (Å²) in [5.74, 6) is -1.41. The van der Waals surface area contributed by atoms with Crippen LogP contribution in [-0.4, -0.2) is 10.1 Å². The van der Waals surface area contributed by atoms with Crippen LogP contribution in [-0.2, 0) is 12.4 Å². The Hall–Kier alpha value is -2.68. The molecule has 10 heteroatoms. The molecule has 0 fully saturated rings. The third-order valence-electron chi connectivity index (χ3n) is 4.32. The van der Waals surface area contributed by atoms with Crippen molar-refractivity contribution >= 4 is 22.5 Å². The van der Waals surface area contributed by atoms with Crippen LogP contribution in [0.2, 0.25) is 5.02 Å². The van der Waals surface area contributed by atoms with Gasteiger partial charge < -0.3 is 9.84 Å². The molecule has 1 N–H and O–H groups in total. The van der Waals surface area contributed by atoms with Crippen LogP contribution < -0.4 is 4.74 Å². The lowest BCUT2D eigenvalue weighted by molar-refractivity contribution is -0.138. The van der Waals surface area contributed by atoms with Crippen LogP contribution in [0.3, 0.4) is 0 Å². The van der Waals surface area contributed by atoms with E-state index in [1.807, 2.05) is 0 Å². The molecule has 0 saturated heterocycles. The van der Waals surface area contributed by atoms with Crippen molar-refractivity contribution in [1.29, 1.82) is 0 Å². The summed E-state index contributed by atoms with van der Waals surface area (Å²) in [5, 5.41) is 9.76. The molecule has 3 nitrogen and oxygen atoms in total. The first-order valence-electron chi connectivity index (χ1n) is 8.04. The molecule has 3 aromatic rings. The molecule has 29 heavy (non-hydrogen) atoms. The van der Waals surface area contributed by atoms with Gasteiger partial charge in [0.1, 0.15) is 22.8 Å². The summed E-state index contributed by atoms with van der Waals surface area (Å²) < 4.78 is 84.1. The number of halogens is 7. The molecule has 0 spiro atoms. The molecule has 0 radical (unpaired) electrons. The van der Waals surface area contributed by atoms with Gasteiger partial charge >= 0.3 is 12.4 Å². The molecule has 0 bridgehead atoms. The predicted molar refractivity (Wildman–Crippen MR) is 94.4 cm³/mol. The van der Waals surface area contributed by atoms with Crippen molar-refractivity contribution < 1.29 is 36.2 Å². The third-order valence-corrected chi connectivity index (χ3v) is 4.62. The van der Waals surface area contributed by atoms with Gasteiger partial charge in [-0.15, -0.1) is 0 Å². The van der Waals surface area contributed by atoms with Gasteiger partial charge in [0, 0.05) is 16.6 Å². The van der Waals surface area contributed by atoms with E-state index in [-0.39, 0.29) is 16.7 Å². The minimum Gasteiger partial charge on any atom is -0.507 e. The van der Waals surface area contributed by atoms with E-state index >= 15 is 0 Å². The predicted octanol–water partition coefficient (Wildman–Crippen LogP) is 7.04. The van der Waals surface area contributed by atoms with E-state index in [1.165, 1.54) is 6.92 Å². The fraction of sp³-hybridized carbons (Fsp3) is 0.211. The summed E-state index contributed by atoms with van der Waals surface area (Å²) in [7, 11) is 0. The van der Waals surface area contributed by atoms with Gasteiger partial charge in [0.25, 0.3) is 0 Å². The second-order valence-corrected chi connectivity index (χ2v) is 6.69. The summed E-state index contributed by atoms with van der Waals surface area (Å²) in [5.41, 5.74) is -1.67. The normalized spacial score (nSPS) is 12.4. The van der Waals surface area contributed by atoms with Crippen LogP contribution in [0.25, 0.3) is 10.9 Å². The minimum absolute atomic E-state index is 0.000802. The highest BCUT2D eigenvalue weighted by molar-refractivity contribution is 6.32. The smallest absolute Gasteiger partial charge is 0.420 e. The topological polar surface area (TPSA) is 42.4 Å². The molecule has 0 unspecified atom stereocenters. The van der Waals surface area contributed by atoms with E-state index in [1.54, 1.807) is 6.92 Å². The molecule has 3 rings (SSSR count). The molecule has 0 atom stereocenters. The van der Waals surface area contributed by atoms with Crippen LogP contribution in [0.15, 0.2) is 30.3 Å². The molecule has 0 amide bonds. The molecular weight excluding hydrogens is 424 g/mol. The number of rotatable bonds is 2.